The van der Waals surface area contributed by atoms with Crippen molar-refractivity contribution in [1.82, 2.24) is 9.97 Å². The molecule has 0 aliphatic rings. The zero-order valence-corrected chi connectivity index (χ0v) is 9.89. The minimum atomic E-state index is -0.360. The second-order valence-electron chi connectivity index (χ2n) is 3.22. The van der Waals surface area contributed by atoms with E-state index >= 15 is 0 Å². The molecule has 0 radical (unpaired) electrons. The van der Waals surface area contributed by atoms with Gasteiger partial charge in [-0.05, 0) is 12.1 Å². The minimum absolute atomic E-state index is 0.0825. The van der Waals surface area contributed by atoms with Crippen molar-refractivity contribution >= 4 is 40.2 Å². The molecule has 1 heterocycles. The molecule has 0 aliphatic heterocycles. The van der Waals surface area contributed by atoms with Crippen LogP contribution in [-0.2, 0) is 16.0 Å². The minimum Gasteiger partial charge on any atom is -0.469 e. The maximum Gasteiger partial charge on any atom is 0.313 e. The van der Waals surface area contributed by atoms with Crippen LogP contribution in [0.3, 0.4) is 0 Å². The molecule has 0 unspecified atom stereocenters. The Morgan fingerprint density at radius 2 is 2.25 bits per heavy atom. The number of rotatable bonds is 2. The lowest BCUT2D eigenvalue weighted by Crippen LogP contribution is -2.05. The maximum absolute atomic E-state index is 11.1. The van der Waals surface area contributed by atoms with Crippen LogP contribution in [0.4, 0.5) is 0 Å². The molecular formula is C10H8Cl2N2O2. The molecule has 2 rings (SSSR count). The molecule has 0 fully saturated rings. The first kappa shape index (κ1) is 11.2. The number of aromatic amines is 1. The van der Waals surface area contributed by atoms with E-state index < -0.39 is 0 Å². The molecule has 1 N–H and O–H groups in total. The van der Waals surface area contributed by atoms with Crippen LogP contribution in [0.25, 0.3) is 11.0 Å². The van der Waals surface area contributed by atoms with Gasteiger partial charge < -0.3 is 9.72 Å². The number of nitrogens with one attached hydrogen (secondary N) is 1. The Hall–Kier alpha value is -1.26. The standard InChI is InChI=1S/C10H8Cl2N2O2/c1-16-9(15)4-8-13-7-3-5(11)2-6(12)10(7)14-8/h2-3H,4H2,1H3,(H,13,14). The number of fused-ring (bicyclic) bond motifs is 1. The number of benzene rings is 1. The van der Waals surface area contributed by atoms with E-state index in [1.54, 1.807) is 12.1 Å². The molecule has 1 aromatic carbocycles. The zero-order valence-electron chi connectivity index (χ0n) is 8.38. The maximum atomic E-state index is 11.1. The molecule has 0 atom stereocenters. The lowest BCUT2D eigenvalue weighted by atomic mass is 10.3. The quantitative estimate of drug-likeness (QED) is 0.843. The second-order valence-corrected chi connectivity index (χ2v) is 4.06. The lowest BCUT2D eigenvalue weighted by Gasteiger charge is -1.93. The molecule has 2 aromatic rings. The van der Waals surface area contributed by atoms with Gasteiger partial charge in [-0.1, -0.05) is 23.2 Å². The van der Waals surface area contributed by atoms with Crippen molar-refractivity contribution in [3.8, 4) is 0 Å². The van der Waals surface area contributed by atoms with Crippen molar-refractivity contribution < 1.29 is 9.53 Å². The highest BCUT2D eigenvalue weighted by Crippen LogP contribution is 2.26. The van der Waals surface area contributed by atoms with Crippen LogP contribution in [-0.4, -0.2) is 23.0 Å². The number of ether oxygens (including phenoxy) is 1. The van der Waals surface area contributed by atoms with E-state index in [2.05, 4.69) is 14.7 Å². The molecule has 0 spiro atoms. The number of halogens is 2. The van der Waals surface area contributed by atoms with Gasteiger partial charge in [-0.15, -0.1) is 0 Å². The number of esters is 1. The van der Waals surface area contributed by atoms with Crippen molar-refractivity contribution in [1.29, 1.82) is 0 Å². The summed E-state index contributed by atoms with van der Waals surface area (Å²) in [5.74, 6) is 0.146. The van der Waals surface area contributed by atoms with Crippen LogP contribution in [0.2, 0.25) is 10.0 Å². The number of H-pyrrole nitrogens is 1. The summed E-state index contributed by atoms with van der Waals surface area (Å²) in [6.07, 6.45) is 0.0825. The summed E-state index contributed by atoms with van der Waals surface area (Å²) in [5.41, 5.74) is 1.31. The van der Waals surface area contributed by atoms with Crippen LogP contribution < -0.4 is 0 Å². The van der Waals surface area contributed by atoms with Crippen molar-refractivity contribution in [2.75, 3.05) is 7.11 Å². The first-order chi connectivity index (χ1) is 7.60. The number of aromatic nitrogens is 2. The van der Waals surface area contributed by atoms with Gasteiger partial charge in [0.1, 0.15) is 17.8 Å². The van der Waals surface area contributed by atoms with Crippen molar-refractivity contribution in [2.45, 2.75) is 6.42 Å². The van der Waals surface area contributed by atoms with Gasteiger partial charge in [-0.2, -0.15) is 0 Å². The Morgan fingerprint density at radius 1 is 1.50 bits per heavy atom. The third kappa shape index (κ3) is 2.13. The van der Waals surface area contributed by atoms with Gasteiger partial charge in [0.2, 0.25) is 0 Å². The summed E-state index contributed by atoms with van der Waals surface area (Å²) in [7, 11) is 1.33. The monoisotopic (exact) mass is 258 g/mol. The van der Waals surface area contributed by atoms with Crippen molar-refractivity contribution in [3.63, 3.8) is 0 Å². The van der Waals surface area contributed by atoms with Gasteiger partial charge in [0, 0.05) is 5.02 Å². The normalized spacial score (nSPS) is 10.7. The second kappa shape index (κ2) is 4.31. The highest BCUT2D eigenvalue weighted by molar-refractivity contribution is 6.38. The van der Waals surface area contributed by atoms with Gasteiger partial charge in [-0.3, -0.25) is 4.79 Å². The molecule has 0 aliphatic carbocycles. The lowest BCUT2D eigenvalue weighted by molar-refractivity contribution is -0.139. The predicted octanol–water partition coefficient (Wildman–Crippen LogP) is 2.59. The van der Waals surface area contributed by atoms with Crippen LogP contribution in [0, 0.1) is 0 Å². The third-order valence-corrected chi connectivity index (χ3v) is 2.60. The summed E-state index contributed by atoms with van der Waals surface area (Å²) < 4.78 is 4.55. The van der Waals surface area contributed by atoms with Crippen LogP contribution >= 0.6 is 23.2 Å². The highest BCUT2D eigenvalue weighted by atomic mass is 35.5. The van der Waals surface area contributed by atoms with E-state index in [0.29, 0.717) is 26.9 Å². The fourth-order valence-electron chi connectivity index (χ4n) is 1.39. The number of hydrogen-bond acceptors (Lipinski definition) is 3. The van der Waals surface area contributed by atoms with E-state index in [0.717, 1.165) is 0 Å². The Kier molecular flexibility index (Phi) is 3.03. The fraction of sp³-hybridized carbons (Fsp3) is 0.200. The molecule has 6 heteroatoms. The summed E-state index contributed by atoms with van der Waals surface area (Å²) >= 11 is 11.8. The average Bonchev–Trinajstić information content (AvgIpc) is 2.60. The van der Waals surface area contributed by atoms with Crippen LogP contribution in [0.15, 0.2) is 12.1 Å². The molecule has 1 aromatic heterocycles. The van der Waals surface area contributed by atoms with Crippen molar-refractivity contribution in [3.05, 3.63) is 28.0 Å². The molecule has 16 heavy (non-hydrogen) atoms. The van der Waals surface area contributed by atoms with Crippen LogP contribution in [0.1, 0.15) is 5.82 Å². The van der Waals surface area contributed by atoms with Gasteiger partial charge in [0.25, 0.3) is 0 Å². The smallest absolute Gasteiger partial charge is 0.313 e. The van der Waals surface area contributed by atoms with E-state index in [1.165, 1.54) is 7.11 Å². The zero-order chi connectivity index (χ0) is 11.7. The largest absolute Gasteiger partial charge is 0.469 e. The van der Waals surface area contributed by atoms with Gasteiger partial charge in [0.15, 0.2) is 0 Å². The fourth-order valence-corrected chi connectivity index (χ4v) is 1.92. The van der Waals surface area contributed by atoms with E-state index in [9.17, 15) is 4.79 Å². The number of nitrogens with zero attached hydrogens (tertiary/aromatic N) is 1. The molecule has 4 nitrogen and oxygen atoms in total. The Bertz CT molecular complexity index is 551. The van der Waals surface area contributed by atoms with E-state index in [1.807, 2.05) is 0 Å². The van der Waals surface area contributed by atoms with Gasteiger partial charge >= 0.3 is 5.97 Å². The molecule has 0 amide bonds. The topological polar surface area (TPSA) is 55.0 Å². The number of hydrogen-bond donors (Lipinski definition) is 1. The SMILES string of the molecule is COC(=O)Cc1nc2c(Cl)cc(Cl)cc2[nH]1. The summed E-state index contributed by atoms with van der Waals surface area (Å²) in [5, 5.41) is 0.973. The van der Waals surface area contributed by atoms with E-state index in [-0.39, 0.29) is 12.4 Å². The molecule has 84 valence electrons. The van der Waals surface area contributed by atoms with Crippen molar-refractivity contribution in [2.24, 2.45) is 0 Å². The molecule has 0 saturated carbocycles. The summed E-state index contributed by atoms with van der Waals surface area (Å²) in [6.45, 7) is 0. The number of carbonyl (C=O) groups excluding carboxylic acids is 1. The van der Waals surface area contributed by atoms with Gasteiger partial charge in [0.05, 0.1) is 17.6 Å². The molecular weight excluding hydrogens is 251 g/mol. The highest BCUT2D eigenvalue weighted by Gasteiger charge is 2.10. The number of methoxy groups -OCH3 is 1. The van der Waals surface area contributed by atoms with E-state index in [4.69, 9.17) is 23.2 Å². The number of carbonyl (C=O) groups is 1. The number of imidazole rings is 1. The molecule has 0 bridgehead atoms. The summed E-state index contributed by atoms with van der Waals surface area (Å²) in [6, 6.07) is 3.31. The molecule has 0 saturated heterocycles. The predicted molar refractivity (Wildman–Crippen MR) is 61.8 cm³/mol. The summed E-state index contributed by atoms with van der Waals surface area (Å²) in [4.78, 5) is 18.2. The third-order valence-electron chi connectivity index (χ3n) is 2.09. The first-order valence-electron chi connectivity index (χ1n) is 4.50. The van der Waals surface area contributed by atoms with Gasteiger partial charge in [-0.25, -0.2) is 4.98 Å². The Labute approximate surface area is 102 Å². The first-order valence-corrected chi connectivity index (χ1v) is 5.26. The average molecular weight is 259 g/mol. The van der Waals surface area contributed by atoms with Crippen LogP contribution in [0.5, 0.6) is 0 Å². The Morgan fingerprint density at radius 3 is 2.94 bits per heavy atom. The Balaban J connectivity index is 2.44.